The van der Waals surface area contributed by atoms with Gasteiger partial charge in [-0.05, 0) is 18.3 Å². The smallest absolute Gasteiger partial charge is 0.306 e. The summed E-state index contributed by atoms with van der Waals surface area (Å²) < 4.78 is 0. The van der Waals surface area contributed by atoms with Crippen LogP contribution in [0.2, 0.25) is 0 Å². The molecular formula is C10H18O2. The molecule has 0 bridgehead atoms. The van der Waals surface area contributed by atoms with Crippen LogP contribution < -0.4 is 0 Å². The molecule has 12 heavy (non-hydrogen) atoms. The minimum atomic E-state index is -0.631. The second kappa shape index (κ2) is 3.92. The van der Waals surface area contributed by atoms with E-state index < -0.39 is 5.97 Å². The summed E-state index contributed by atoms with van der Waals surface area (Å²) in [5.74, 6) is 0.232. The maximum atomic E-state index is 10.7. The van der Waals surface area contributed by atoms with Crippen LogP contribution >= 0.6 is 0 Å². The molecule has 2 heteroatoms. The molecule has 3 unspecified atom stereocenters. The maximum Gasteiger partial charge on any atom is 0.306 e. The van der Waals surface area contributed by atoms with Crippen LogP contribution in [0.5, 0.6) is 0 Å². The highest BCUT2D eigenvalue weighted by molar-refractivity contribution is 5.69. The van der Waals surface area contributed by atoms with Gasteiger partial charge in [0.1, 0.15) is 0 Å². The molecule has 1 aliphatic carbocycles. The van der Waals surface area contributed by atoms with Gasteiger partial charge in [0.15, 0.2) is 0 Å². The molecule has 1 N–H and O–H groups in total. The van der Waals surface area contributed by atoms with E-state index in [0.717, 1.165) is 6.42 Å². The summed E-state index contributed by atoms with van der Waals surface area (Å²) in [7, 11) is 0. The van der Waals surface area contributed by atoms with Crippen LogP contribution in [-0.4, -0.2) is 11.1 Å². The van der Waals surface area contributed by atoms with E-state index in [4.69, 9.17) is 5.11 Å². The number of carboxylic acid groups (broad SMARTS) is 1. The predicted octanol–water partition coefficient (Wildman–Crippen LogP) is 2.53. The zero-order valence-electron chi connectivity index (χ0n) is 7.92. The molecule has 2 nitrogen and oxygen atoms in total. The third-order valence-corrected chi connectivity index (χ3v) is 3.21. The van der Waals surface area contributed by atoms with Crippen molar-refractivity contribution in [2.24, 2.45) is 17.8 Å². The summed E-state index contributed by atoms with van der Waals surface area (Å²) in [4.78, 5) is 10.7. The second-order valence-corrected chi connectivity index (χ2v) is 4.05. The van der Waals surface area contributed by atoms with Crippen LogP contribution in [-0.2, 0) is 4.79 Å². The van der Waals surface area contributed by atoms with Gasteiger partial charge in [0, 0.05) is 0 Å². The van der Waals surface area contributed by atoms with Crippen molar-refractivity contribution in [3.8, 4) is 0 Å². The van der Waals surface area contributed by atoms with Crippen molar-refractivity contribution >= 4 is 5.97 Å². The number of carbonyl (C=O) groups is 1. The summed E-state index contributed by atoms with van der Waals surface area (Å²) in [6, 6.07) is 0. The molecule has 0 saturated heterocycles. The Labute approximate surface area is 74.0 Å². The molecule has 0 heterocycles. The van der Waals surface area contributed by atoms with Crippen LogP contribution in [0.25, 0.3) is 0 Å². The Bertz CT molecular complexity index is 165. The van der Waals surface area contributed by atoms with Crippen LogP contribution in [0.1, 0.15) is 39.5 Å². The molecule has 1 fully saturated rings. The lowest BCUT2D eigenvalue weighted by molar-refractivity contribution is -0.144. The summed E-state index contributed by atoms with van der Waals surface area (Å²) in [6.07, 6.45) is 4.81. The zero-order valence-corrected chi connectivity index (χ0v) is 7.92. The fourth-order valence-corrected chi connectivity index (χ4v) is 2.27. The Hall–Kier alpha value is -0.530. The Morgan fingerprint density at radius 1 is 1.42 bits per heavy atom. The molecule has 70 valence electrons. The van der Waals surface area contributed by atoms with E-state index in [1.54, 1.807) is 0 Å². The SMILES string of the molecule is CC1CCCCC1C(C)C(=O)O. The van der Waals surface area contributed by atoms with Gasteiger partial charge < -0.3 is 5.11 Å². The van der Waals surface area contributed by atoms with Gasteiger partial charge in [0.25, 0.3) is 0 Å². The van der Waals surface area contributed by atoms with Crippen molar-refractivity contribution in [3.05, 3.63) is 0 Å². The highest BCUT2D eigenvalue weighted by Crippen LogP contribution is 2.34. The van der Waals surface area contributed by atoms with Crippen molar-refractivity contribution in [1.29, 1.82) is 0 Å². The Kier molecular flexibility index (Phi) is 3.12. The van der Waals surface area contributed by atoms with Gasteiger partial charge in [-0.1, -0.05) is 33.1 Å². The molecule has 0 aliphatic heterocycles. The third kappa shape index (κ3) is 1.99. The van der Waals surface area contributed by atoms with E-state index in [0.29, 0.717) is 11.8 Å². The number of carboxylic acids is 1. The van der Waals surface area contributed by atoms with E-state index in [-0.39, 0.29) is 5.92 Å². The molecule has 1 saturated carbocycles. The third-order valence-electron chi connectivity index (χ3n) is 3.21. The first-order valence-corrected chi connectivity index (χ1v) is 4.85. The van der Waals surface area contributed by atoms with Crippen LogP contribution in [0.4, 0.5) is 0 Å². The largest absolute Gasteiger partial charge is 0.481 e. The standard InChI is InChI=1S/C10H18O2/c1-7-5-3-4-6-9(7)8(2)10(11)12/h7-9H,3-6H2,1-2H3,(H,11,12). The highest BCUT2D eigenvalue weighted by atomic mass is 16.4. The van der Waals surface area contributed by atoms with Crippen LogP contribution in [0.3, 0.4) is 0 Å². The molecular weight excluding hydrogens is 152 g/mol. The van der Waals surface area contributed by atoms with Gasteiger partial charge in [0.2, 0.25) is 0 Å². The molecule has 0 aromatic rings. The molecule has 0 aromatic carbocycles. The van der Waals surface area contributed by atoms with Crippen molar-refractivity contribution in [3.63, 3.8) is 0 Å². The van der Waals surface area contributed by atoms with E-state index in [2.05, 4.69) is 6.92 Å². The fourth-order valence-electron chi connectivity index (χ4n) is 2.27. The van der Waals surface area contributed by atoms with E-state index >= 15 is 0 Å². The fraction of sp³-hybridized carbons (Fsp3) is 0.900. The first-order valence-electron chi connectivity index (χ1n) is 4.85. The summed E-state index contributed by atoms with van der Waals surface area (Å²) in [6.45, 7) is 4.03. The minimum Gasteiger partial charge on any atom is -0.481 e. The topological polar surface area (TPSA) is 37.3 Å². The first-order chi connectivity index (χ1) is 5.63. The molecule has 1 aliphatic rings. The normalized spacial score (nSPS) is 32.8. The molecule has 3 atom stereocenters. The summed E-state index contributed by atoms with van der Waals surface area (Å²) in [5.41, 5.74) is 0. The van der Waals surface area contributed by atoms with Crippen molar-refractivity contribution in [2.75, 3.05) is 0 Å². The summed E-state index contributed by atoms with van der Waals surface area (Å²) >= 11 is 0. The molecule has 0 amide bonds. The number of hydrogen-bond acceptors (Lipinski definition) is 1. The minimum absolute atomic E-state index is 0.153. The lowest BCUT2D eigenvalue weighted by Gasteiger charge is -2.31. The molecule has 0 radical (unpaired) electrons. The van der Waals surface area contributed by atoms with E-state index in [1.165, 1.54) is 19.3 Å². The van der Waals surface area contributed by atoms with E-state index in [1.807, 2.05) is 6.92 Å². The van der Waals surface area contributed by atoms with Gasteiger partial charge in [0.05, 0.1) is 5.92 Å². The highest BCUT2D eigenvalue weighted by Gasteiger charge is 2.30. The average Bonchev–Trinajstić information content (AvgIpc) is 2.04. The molecule has 0 aromatic heterocycles. The average molecular weight is 170 g/mol. The quantitative estimate of drug-likeness (QED) is 0.691. The lowest BCUT2D eigenvalue weighted by atomic mass is 9.74. The molecule has 0 spiro atoms. The zero-order chi connectivity index (χ0) is 9.14. The Balaban J connectivity index is 2.53. The van der Waals surface area contributed by atoms with Crippen LogP contribution in [0.15, 0.2) is 0 Å². The predicted molar refractivity (Wildman–Crippen MR) is 47.9 cm³/mol. The first kappa shape index (κ1) is 9.56. The van der Waals surface area contributed by atoms with Gasteiger partial charge in [-0.25, -0.2) is 0 Å². The summed E-state index contributed by atoms with van der Waals surface area (Å²) in [5, 5.41) is 8.85. The number of rotatable bonds is 2. The number of aliphatic carboxylic acids is 1. The van der Waals surface area contributed by atoms with Crippen molar-refractivity contribution < 1.29 is 9.90 Å². The van der Waals surface area contributed by atoms with Gasteiger partial charge >= 0.3 is 5.97 Å². The van der Waals surface area contributed by atoms with Crippen LogP contribution in [0, 0.1) is 17.8 Å². The Morgan fingerprint density at radius 2 is 2.00 bits per heavy atom. The van der Waals surface area contributed by atoms with Gasteiger partial charge in [-0.15, -0.1) is 0 Å². The van der Waals surface area contributed by atoms with Crippen molar-refractivity contribution in [2.45, 2.75) is 39.5 Å². The van der Waals surface area contributed by atoms with E-state index in [9.17, 15) is 4.79 Å². The lowest BCUT2D eigenvalue weighted by Crippen LogP contribution is -2.28. The number of hydrogen-bond donors (Lipinski definition) is 1. The monoisotopic (exact) mass is 170 g/mol. The second-order valence-electron chi connectivity index (χ2n) is 4.05. The van der Waals surface area contributed by atoms with Crippen molar-refractivity contribution in [1.82, 2.24) is 0 Å². The van der Waals surface area contributed by atoms with Gasteiger partial charge in [-0.2, -0.15) is 0 Å². The maximum absolute atomic E-state index is 10.7. The Morgan fingerprint density at radius 3 is 2.50 bits per heavy atom. The van der Waals surface area contributed by atoms with Gasteiger partial charge in [-0.3, -0.25) is 4.79 Å². The molecule has 1 rings (SSSR count).